The summed E-state index contributed by atoms with van der Waals surface area (Å²) in [5.41, 5.74) is 6.63. The monoisotopic (exact) mass is 299 g/mol. The predicted octanol–water partition coefficient (Wildman–Crippen LogP) is 3.05. The van der Waals surface area contributed by atoms with Crippen molar-refractivity contribution in [2.45, 2.75) is 32.9 Å². The lowest BCUT2D eigenvalue weighted by atomic mass is 10.0. The summed E-state index contributed by atoms with van der Waals surface area (Å²) in [6.45, 7) is 5.40. The molecule has 0 saturated carbocycles. The van der Waals surface area contributed by atoms with E-state index in [2.05, 4.69) is 13.8 Å². The standard InChI is InChI=1S/C14H22ClN3O2/c1-10(2)13(16)7-8-17(3)9-11-12(15)5-4-6-14(11)18(19)20/h4-6,10,13H,7-9,16H2,1-3H3. The minimum atomic E-state index is -0.394. The second kappa shape index (κ2) is 7.57. The van der Waals surface area contributed by atoms with Crippen LogP contribution in [0.2, 0.25) is 5.02 Å². The first-order valence-electron chi connectivity index (χ1n) is 6.68. The van der Waals surface area contributed by atoms with Crippen molar-refractivity contribution in [1.82, 2.24) is 4.90 Å². The lowest BCUT2D eigenvalue weighted by Gasteiger charge is -2.21. The normalized spacial score (nSPS) is 12.9. The van der Waals surface area contributed by atoms with E-state index >= 15 is 0 Å². The van der Waals surface area contributed by atoms with Crippen LogP contribution >= 0.6 is 11.6 Å². The van der Waals surface area contributed by atoms with E-state index in [-0.39, 0.29) is 11.7 Å². The van der Waals surface area contributed by atoms with Gasteiger partial charge in [-0.2, -0.15) is 0 Å². The van der Waals surface area contributed by atoms with Gasteiger partial charge in [0.05, 0.1) is 15.5 Å². The molecule has 0 aliphatic carbocycles. The third kappa shape index (κ3) is 4.74. The fourth-order valence-electron chi connectivity index (χ4n) is 1.93. The Labute approximate surface area is 124 Å². The highest BCUT2D eigenvalue weighted by molar-refractivity contribution is 6.31. The summed E-state index contributed by atoms with van der Waals surface area (Å²) in [5, 5.41) is 11.4. The quantitative estimate of drug-likeness (QED) is 0.620. The van der Waals surface area contributed by atoms with Gasteiger partial charge in [-0.15, -0.1) is 0 Å². The second-order valence-electron chi connectivity index (χ2n) is 5.43. The summed E-state index contributed by atoms with van der Waals surface area (Å²) in [4.78, 5) is 12.6. The molecule has 2 N–H and O–H groups in total. The third-order valence-electron chi connectivity index (χ3n) is 3.42. The highest BCUT2D eigenvalue weighted by Crippen LogP contribution is 2.27. The number of hydrogen-bond donors (Lipinski definition) is 1. The summed E-state index contributed by atoms with van der Waals surface area (Å²) in [5.74, 6) is 0.429. The van der Waals surface area contributed by atoms with Gasteiger partial charge in [0, 0.05) is 18.7 Å². The minimum absolute atomic E-state index is 0.0671. The molecule has 0 aliphatic heterocycles. The first kappa shape index (κ1) is 16.9. The van der Waals surface area contributed by atoms with E-state index < -0.39 is 4.92 Å². The minimum Gasteiger partial charge on any atom is -0.327 e. The van der Waals surface area contributed by atoms with Crippen LogP contribution in [0.4, 0.5) is 5.69 Å². The van der Waals surface area contributed by atoms with Crippen LogP contribution in [0.3, 0.4) is 0 Å². The molecule has 20 heavy (non-hydrogen) atoms. The highest BCUT2D eigenvalue weighted by atomic mass is 35.5. The van der Waals surface area contributed by atoms with E-state index in [0.717, 1.165) is 13.0 Å². The van der Waals surface area contributed by atoms with Crippen LogP contribution < -0.4 is 5.73 Å². The molecule has 0 radical (unpaired) electrons. The Morgan fingerprint density at radius 3 is 2.65 bits per heavy atom. The number of halogens is 1. The largest absolute Gasteiger partial charge is 0.327 e. The van der Waals surface area contributed by atoms with Crippen molar-refractivity contribution in [2.24, 2.45) is 11.7 Å². The van der Waals surface area contributed by atoms with Gasteiger partial charge in [-0.3, -0.25) is 10.1 Å². The van der Waals surface area contributed by atoms with E-state index in [4.69, 9.17) is 17.3 Å². The van der Waals surface area contributed by atoms with Crippen LogP contribution in [-0.2, 0) is 6.54 Å². The van der Waals surface area contributed by atoms with Crippen LogP contribution in [0.25, 0.3) is 0 Å². The van der Waals surface area contributed by atoms with Crippen molar-refractivity contribution in [2.75, 3.05) is 13.6 Å². The molecule has 0 aliphatic rings. The summed E-state index contributed by atoms with van der Waals surface area (Å²) >= 11 is 6.07. The van der Waals surface area contributed by atoms with E-state index in [1.165, 1.54) is 6.07 Å². The Kier molecular flexibility index (Phi) is 6.39. The average Bonchev–Trinajstić information content (AvgIpc) is 2.37. The maximum atomic E-state index is 11.0. The summed E-state index contributed by atoms with van der Waals surface area (Å²) in [6, 6.07) is 4.89. The second-order valence-corrected chi connectivity index (χ2v) is 5.84. The van der Waals surface area contributed by atoms with Crippen molar-refractivity contribution < 1.29 is 4.92 Å². The van der Waals surface area contributed by atoms with Crippen LogP contribution in [0.15, 0.2) is 18.2 Å². The van der Waals surface area contributed by atoms with Gasteiger partial charge in [-0.25, -0.2) is 0 Å². The molecular weight excluding hydrogens is 278 g/mol. The van der Waals surface area contributed by atoms with Gasteiger partial charge >= 0.3 is 0 Å². The zero-order chi connectivity index (χ0) is 15.3. The zero-order valence-electron chi connectivity index (χ0n) is 12.2. The Balaban J connectivity index is 2.71. The Bertz CT molecular complexity index is 466. The van der Waals surface area contributed by atoms with Crippen molar-refractivity contribution in [1.29, 1.82) is 0 Å². The molecular formula is C14H22ClN3O2. The average molecular weight is 300 g/mol. The summed E-state index contributed by atoms with van der Waals surface area (Å²) in [6.07, 6.45) is 0.854. The van der Waals surface area contributed by atoms with Gasteiger partial charge in [0.15, 0.2) is 0 Å². The Morgan fingerprint density at radius 2 is 2.10 bits per heavy atom. The first-order chi connectivity index (χ1) is 9.32. The van der Waals surface area contributed by atoms with E-state index in [1.807, 2.05) is 11.9 Å². The van der Waals surface area contributed by atoms with Crippen molar-refractivity contribution in [3.05, 3.63) is 38.9 Å². The topological polar surface area (TPSA) is 72.4 Å². The molecule has 0 fully saturated rings. The van der Waals surface area contributed by atoms with Crippen LogP contribution in [0.1, 0.15) is 25.8 Å². The number of benzene rings is 1. The molecule has 0 spiro atoms. The van der Waals surface area contributed by atoms with Gasteiger partial charge < -0.3 is 10.6 Å². The molecule has 112 valence electrons. The number of nitrogens with zero attached hydrogens (tertiary/aromatic N) is 2. The molecule has 0 amide bonds. The number of hydrogen-bond acceptors (Lipinski definition) is 4. The number of rotatable bonds is 7. The molecule has 1 aromatic carbocycles. The molecule has 1 aromatic rings. The van der Waals surface area contributed by atoms with E-state index in [1.54, 1.807) is 12.1 Å². The molecule has 1 rings (SSSR count). The summed E-state index contributed by atoms with van der Waals surface area (Å²) < 4.78 is 0. The van der Waals surface area contributed by atoms with Gasteiger partial charge in [-0.05, 0) is 32.0 Å². The molecule has 0 bridgehead atoms. The van der Waals surface area contributed by atoms with Crippen LogP contribution in [-0.4, -0.2) is 29.5 Å². The summed E-state index contributed by atoms with van der Waals surface area (Å²) in [7, 11) is 1.92. The molecule has 0 saturated heterocycles. The number of nitro benzene ring substituents is 1. The van der Waals surface area contributed by atoms with Crippen LogP contribution in [0, 0.1) is 16.0 Å². The van der Waals surface area contributed by atoms with Crippen molar-refractivity contribution >= 4 is 17.3 Å². The Morgan fingerprint density at radius 1 is 1.45 bits per heavy atom. The third-order valence-corrected chi connectivity index (χ3v) is 3.77. The van der Waals surface area contributed by atoms with Gasteiger partial charge in [0.1, 0.15) is 0 Å². The predicted molar refractivity (Wildman–Crippen MR) is 81.9 cm³/mol. The molecule has 0 aromatic heterocycles. The maximum absolute atomic E-state index is 11.0. The fourth-order valence-corrected chi connectivity index (χ4v) is 2.16. The molecule has 6 heteroatoms. The van der Waals surface area contributed by atoms with E-state index in [9.17, 15) is 10.1 Å². The number of nitrogens with two attached hydrogens (primary N) is 1. The van der Waals surface area contributed by atoms with E-state index in [0.29, 0.717) is 23.0 Å². The van der Waals surface area contributed by atoms with Gasteiger partial charge in [-0.1, -0.05) is 31.5 Å². The van der Waals surface area contributed by atoms with Crippen molar-refractivity contribution in [3.8, 4) is 0 Å². The number of nitro groups is 1. The van der Waals surface area contributed by atoms with Crippen LogP contribution in [0.5, 0.6) is 0 Å². The molecule has 1 atom stereocenters. The molecule has 1 unspecified atom stereocenters. The van der Waals surface area contributed by atoms with Gasteiger partial charge in [0.2, 0.25) is 0 Å². The highest BCUT2D eigenvalue weighted by Gasteiger charge is 2.18. The maximum Gasteiger partial charge on any atom is 0.275 e. The van der Waals surface area contributed by atoms with Crippen molar-refractivity contribution in [3.63, 3.8) is 0 Å². The Hall–Kier alpha value is -1.17. The smallest absolute Gasteiger partial charge is 0.275 e. The molecule has 0 heterocycles. The fraction of sp³-hybridized carbons (Fsp3) is 0.571. The SMILES string of the molecule is CC(C)C(N)CCN(C)Cc1c(Cl)cccc1[N+](=O)[O-]. The lowest BCUT2D eigenvalue weighted by Crippen LogP contribution is -2.31. The molecule has 5 nitrogen and oxygen atoms in total. The van der Waals surface area contributed by atoms with Gasteiger partial charge in [0.25, 0.3) is 5.69 Å². The first-order valence-corrected chi connectivity index (χ1v) is 7.06. The zero-order valence-corrected chi connectivity index (χ0v) is 12.9. The lowest BCUT2D eigenvalue weighted by molar-refractivity contribution is -0.385.